The van der Waals surface area contributed by atoms with E-state index in [0.717, 1.165) is 12.2 Å². The third-order valence-corrected chi connectivity index (χ3v) is 6.07. The Balaban J connectivity index is 1.27. The third-order valence-electron chi connectivity index (χ3n) is 6.07. The summed E-state index contributed by atoms with van der Waals surface area (Å²) in [5.41, 5.74) is 4.92. The smallest absolute Gasteiger partial charge is 0.280 e. The van der Waals surface area contributed by atoms with Crippen LogP contribution in [0.5, 0.6) is 0 Å². The van der Waals surface area contributed by atoms with E-state index >= 15 is 0 Å². The first-order valence-corrected chi connectivity index (χ1v) is 9.38. The van der Waals surface area contributed by atoms with Gasteiger partial charge < -0.3 is 9.09 Å². The zero-order chi connectivity index (χ0) is 19.0. The Morgan fingerprint density at radius 1 is 1.21 bits per heavy atom. The van der Waals surface area contributed by atoms with Crippen LogP contribution in [0.25, 0.3) is 11.2 Å². The molecule has 0 radical (unpaired) electrons. The van der Waals surface area contributed by atoms with Crippen LogP contribution in [0, 0.1) is 12.8 Å². The first kappa shape index (κ1) is 15.7. The van der Waals surface area contributed by atoms with Crippen molar-refractivity contribution in [2.45, 2.75) is 31.7 Å². The minimum Gasteiger partial charge on any atom is -0.337 e. The van der Waals surface area contributed by atoms with Crippen LogP contribution in [0.15, 0.2) is 40.2 Å². The number of hydrogen-bond donors (Lipinski definition) is 0. The molecule has 8 heteroatoms. The topological polar surface area (TPSA) is 91.6 Å². The Morgan fingerprint density at radius 3 is 2.96 bits per heavy atom. The van der Waals surface area contributed by atoms with Gasteiger partial charge in [-0.3, -0.25) is 9.36 Å². The van der Waals surface area contributed by atoms with Gasteiger partial charge in [0.15, 0.2) is 17.0 Å². The fourth-order valence-corrected chi connectivity index (χ4v) is 4.69. The third kappa shape index (κ3) is 2.14. The summed E-state index contributed by atoms with van der Waals surface area (Å²) in [6.45, 7) is 2.34. The predicted octanol–water partition coefficient (Wildman–Crippen LogP) is 1.92. The van der Waals surface area contributed by atoms with E-state index in [9.17, 15) is 4.79 Å². The molecule has 3 unspecified atom stereocenters. The summed E-state index contributed by atoms with van der Waals surface area (Å²) in [6, 6.07) is 6.70. The summed E-state index contributed by atoms with van der Waals surface area (Å²) in [5, 5.41) is 4.21. The van der Waals surface area contributed by atoms with Crippen LogP contribution in [-0.4, -0.2) is 29.2 Å². The molecule has 140 valence electrons. The lowest BCUT2D eigenvalue weighted by atomic mass is 10.00. The summed E-state index contributed by atoms with van der Waals surface area (Å²) < 4.78 is 8.60. The SMILES string of the molecule is Cc1ccc2c(c1)CC1C(c3noc(Cn4cnc5ncn(C)c5c4=O)n3)C21. The van der Waals surface area contributed by atoms with Gasteiger partial charge in [0.2, 0.25) is 5.89 Å². The van der Waals surface area contributed by atoms with Crippen LogP contribution in [0.2, 0.25) is 0 Å². The van der Waals surface area contributed by atoms with Gasteiger partial charge in [-0.2, -0.15) is 4.98 Å². The zero-order valence-corrected chi connectivity index (χ0v) is 15.5. The van der Waals surface area contributed by atoms with E-state index in [-0.39, 0.29) is 12.1 Å². The van der Waals surface area contributed by atoms with E-state index in [2.05, 4.69) is 45.2 Å². The molecule has 2 aliphatic rings. The van der Waals surface area contributed by atoms with Crippen molar-refractivity contribution in [1.82, 2.24) is 29.2 Å². The number of nitrogens with zero attached hydrogens (tertiary/aromatic N) is 6. The Bertz CT molecular complexity index is 1300. The van der Waals surface area contributed by atoms with Gasteiger partial charge >= 0.3 is 0 Å². The van der Waals surface area contributed by atoms with Crippen molar-refractivity contribution in [2.24, 2.45) is 13.0 Å². The summed E-state index contributed by atoms with van der Waals surface area (Å²) in [5.74, 6) is 2.56. The van der Waals surface area contributed by atoms with Crippen LogP contribution < -0.4 is 5.56 Å². The molecule has 3 aromatic heterocycles. The first-order valence-electron chi connectivity index (χ1n) is 9.38. The summed E-state index contributed by atoms with van der Waals surface area (Å²) in [4.78, 5) is 25.6. The monoisotopic (exact) mass is 374 g/mol. The van der Waals surface area contributed by atoms with Crippen molar-refractivity contribution >= 4 is 11.2 Å². The number of aromatic nitrogens is 6. The van der Waals surface area contributed by atoms with Crippen LogP contribution >= 0.6 is 0 Å². The van der Waals surface area contributed by atoms with E-state index in [1.807, 2.05) is 0 Å². The Labute approximate surface area is 159 Å². The Kier molecular flexibility index (Phi) is 3.02. The highest BCUT2D eigenvalue weighted by molar-refractivity contribution is 5.68. The molecule has 0 N–H and O–H groups in total. The molecule has 0 bridgehead atoms. The maximum Gasteiger partial charge on any atom is 0.280 e. The van der Waals surface area contributed by atoms with Crippen molar-refractivity contribution in [1.29, 1.82) is 0 Å². The lowest BCUT2D eigenvalue weighted by Gasteiger charge is -2.06. The van der Waals surface area contributed by atoms with Gasteiger partial charge in [-0.25, -0.2) is 9.97 Å². The number of rotatable bonds is 3. The molecule has 0 saturated heterocycles. The van der Waals surface area contributed by atoms with Gasteiger partial charge in [-0.15, -0.1) is 0 Å². The quantitative estimate of drug-likeness (QED) is 0.544. The molecule has 1 aromatic carbocycles. The van der Waals surface area contributed by atoms with Gasteiger partial charge in [0.1, 0.15) is 12.9 Å². The fraction of sp³-hybridized carbons (Fsp3) is 0.350. The zero-order valence-electron chi connectivity index (χ0n) is 15.5. The van der Waals surface area contributed by atoms with Crippen LogP contribution in [0.4, 0.5) is 0 Å². The normalized spacial score (nSPS) is 22.4. The molecule has 1 saturated carbocycles. The number of fused-ring (bicyclic) bond motifs is 4. The van der Waals surface area contributed by atoms with Gasteiger partial charge in [-0.1, -0.05) is 28.9 Å². The standard InChI is InChI=1S/C20H18N6O2/c1-10-3-4-12-11(5-10)6-13-15(12)16(13)18-23-14(28-24-18)7-26-9-22-19-17(20(26)27)25(2)8-21-19/h3-5,8-9,13,15-16H,6-7H2,1-2H3. The average molecular weight is 374 g/mol. The Morgan fingerprint density at radius 2 is 2.07 bits per heavy atom. The van der Waals surface area contributed by atoms with Crippen molar-refractivity contribution in [3.63, 3.8) is 0 Å². The number of imidazole rings is 1. The van der Waals surface area contributed by atoms with Gasteiger partial charge in [0.25, 0.3) is 5.56 Å². The molecule has 3 heterocycles. The van der Waals surface area contributed by atoms with Crippen molar-refractivity contribution in [3.05, 3.63) is 69.6 Å². The van der Waals surface area contributed by atoms with Crippen LogP contribution in [-0.2, 0) is 20.0 Å². The number of aryl methyl sites for hydroxylation is 2. The summed E-state index contributed by atoms with van der Waals surface area (Å²) in [6.07, 6.45) is 4.14. The van der Waals surface area contributed by atoms with Crippen molar-refractivity contribution in [2.75, 3.05) is 0 Å². The molecular weight excluding hydrogens is 356 g/mol. The number of benzene rings is 1. The second-order valence-corrected chi connectivity index (χ2v) is 7.87. The van der Waals surface area contributed by atoms with Crippen molar-refractivity contribution in [3.8, 4) is 0 Å². The lowest BCUT2D eigenvalue weighted by molar-refractivity contribution is 0.364. The minimum atomic E-state index is -0.169. The number of hydrogen-bond acceptors (Lipinski definition) is 6. The van der Waals surface area contributed by atoms with Crippen LogP contribution in [0.1, 0.15) is 40.2 Å². The molecule has 0 aliphatic heterocycles. The highest BCUT2D eigenvalue weighted by Crippen LogP contribution is 2.65. The van der Waals surface area contributed by atoms with E-state index in [4.69, 9.17) is 4.52 Å². The molecule has 3 atom stereocenters. The highest BCUT2D eigenvalue weighted by atomic mass is 16.5. The molecule has 8 nitrogen and oxygen atoms in total. The molecule has 1 fully saturated rings. The van der Waals surface area contributed by atoms with E-state index in [1.54, 1.807) is 17.9 Å². The predicted molar refractivity (Wildman–Crippen MR) is 100 cm³/mol. The molecule has 0 amide bonds. The minimum absolute atomic E-state index is 0.169. The molecule has 28 heavy (non-hydrogen) atoms. The van der Waals surface area contributed by atoms with Gasteiger partial charge in [0.05, 0.1) is 6.33 Å². The van der Waals surface area contributed by atoms with Crippen LogP contribution in [0.3, 0.4) is 0 Å². The van der Waals surface area contributed by atoms with E-state index in [1.165, 1.54) is 27.6 Å². The van der Waals surface area contributed by atoms with Crippen molar-refractivity contribution < 1.29 is 4.52 Å². The summed E-state index contributed by atoms with van der Waals surface area (Å²) >= 11 is 0. The maximum atomic E-state index is 12.7. The fourth-order valence-electron chi connectivity index (χ4n) is 4.69. The average Bonchev–Trinajstić information content (AvgIpc) is 3.04. The molecule has 0 spiro atoms. The largest absolute Gasteiger partial charge is 0.337 e. The Hall–Kier alpha value is -3.29. The summed E-state index contributed by atoms with van der Waals surface area (Å²) in [7, 11) is 1.78. The molecule has 4 aromatic rings. The van der Waals surface area contributed by atoms with Gasteiger partial charge in [-0.05, 0) is 36.3 Å². The second-order valence-electron chi connectivity index (χ2n) is 7.87. The lowest BCUT2D eigenvalue weighted by Crippen LogP contribution is -2.22. The maximum absolute atomic E-state index is 12.7. The highest BCUT2D eigenvalue weighted by Gasteiger charge is 2.58. The van der Waals surface area contributed by atoms with Gasteiger partial charge in [0, 0.05) is 13.0 Å². The van der Waals surface area contributed by atoms with E-state index in [0.29, 0.717) is 34.8 Å². The molecular formula is C20H18N6O2. The molecule has 2 aliphatic carbocycles. The van der Waals surface area contributed by atoms with E-state index < -0.39 is 0 Å². The molecule has 6 rings (SSSR count). The first-order chi connectivity index (χ1) is 13.6. The second kappa shape index (κ2) is 5.37.